The molecule has 5 heteroatoms. The Morgan fingerprint density at radius 1 is 1.36 bits per heavy atom. The number of nitrogens with two attached hydrogens (primary N) is 1. The molecule has 0 spiro atoms. The maximum absolute atomic E-state index is 10.6. The van der Waals surface area contributed by atoms with Crippen LogP contribution in [-0.2, 0) is 19.1 Å². The van der Waals surface area contributed by atoms with Crippen molar-refractivity contribution in [3.8, 4) is 0 Å². The molecule has 1 heterocycles. The molecule has 1 saturated heterocycles. The van der Waals surface area contributed by atoms with Gasteiger partial charge in [0.2, 0.25) is 0 Å². The Labute approximate surface area is 62.8 Å². The quantitative estimate of drug-likeness (QED) is 0.401. The molecule has 0 aromatic rings. The number of esters is 2. The van der Waals surface area contributed by atoms with E-state index in [0.29, 0.717) is 0 Å². The maximum atomic E-state index is 10.6. The van der Waals surface area contributed by atoms with Crippen molar-refractivity contribution in [2.24, 2.45) is 5.73 Å². The molecule has 0 atom stereocenters. The molecule has 1 fully saturated rings. The van der Waals surface area contributed by atoms with Crippen molar-refractivity contribution in [3.05, 3.63) is 12.3 Å². The molecule has 1 rings (SSSR count). The number of rotatable bonds is 1. The second-order valence-electron chi connectivity index (χ2n) is 1.91. The second-order valence-corrected chi connectivity index (χ2v) is 1.91. The SMILES string of the molecule is NC=CC1OC(=O)CC(=O)O1. The molecule has 0 radical (unpaired) electrons. The van der Waals surface area contributed by atoms with Crippen LogP contribution in [0.1, 0.15) is 6.42 Å². The smallest absolute Gasteiger partial charge is 0.320 e. The first-order chi connectivity index (χ1) is 5.22. The van der Waals surface area contributed by atoms with Crippen LogP contribution in [0.2, 0.25) is 0 Å². The van der Waals surface area contributed by atoms with Crippen LogP contribution in [0, 0.1) is 0 Å². The van der Waals surface area contributed by atoms with Crippen LogP contribution in [0.25, 0.3) is 0 Å². The van der Waals surface area contributed by atoms with Crippen LogP contribution in [0.4, 0.5) is 0 Å². The Hall–Kier alpha value is -1.52. The third-order valence-corrected chi connectivity index (χ3v) is 1.05. The Morgan fingerprint density at radius 3 is 2.36 bits per heavy atom. The van der Waals surface area contributed by atoms with Gasteiger partial charge in [0.15, 0.2) is 0 Å². The maximum Gasteiger partial charge on any atom is 0.320 e. The largest absolute Gasteiger partial charge is 0.421 e. The van der Waals surface area contributed by atoms with Gasteiger partial charge in [-0.1, -0.05) is 0 Å². The van der Waals surface area contributed by atoms with Crippen molar-refractivity contribution in [1.82, 2.24) is 0 Å². The lowest BCUT2D eigenvalue weighted by atomic mass is 10.4. The highest BCUT2D eigenvalue weighted by Gasteiger charge is 2.25. The van der Waals surface area contributed by atoms with Crippen LogP contribution >= 0.6 is 0 Å². The van der Waals surface area contributed by atoms with Gasteiger partial charge >= 0.3 is 11.9 Å². The van der Waals surface area contributed by atoms with Gasteiger partial charge in [-0.3, -0.25) is 9.59 Å². The van der Waals surface area contributed by atoms with E-state index >= 15 is 0 Å². The van der Waals surface area contributed by atoms with Gasteiger partial charge in [-0.05, 0) is 6.20 Å². The zero-order chi connectivity index (χ0) is 8.27. The van der Waals surface area contributed by atoms with E-state index in [4.69, 9.17) is 5.73 Å². The highest BCUT2D eigenvalue weighted by Crippen LogP contribution is 2.07. The lowest BCUT2D eigenvalue weighted by Crippen LogP contribution is -2.31. The highest BCUT2D eigenvalue weighted by molar-refractivity contribution is 5.92. The van der Waals surface area contributed by atoms with Gasteiger partial charge in [-0.2, -0.15) is 0 Å². The molecule has 0 amide bonds. The van der Waals surface area contributed by atoms with Crippen LogP contribution in [0.5, 0.6) is 0 Å². The molecule has 1 aliphatic heterocycles. The fourth-order valence-corrected chi connectivity index (χ4v) is 0.654. The fraction of sp³-hybridized carbons (Fsp3) is 0.333. The van der Waals surface area contributed by atoms with Crippen molar-refractivity contribution in [2.45, 2.75) is 12.7 Å². The molecule has 0 aromatic heterocycles. The number of carbonyl (C=O) groups excluding carboxylic acids is 2. The minimum Gasteiger partial charge on any atom is -0.421 e. The molecule has 0 aromatic carbocycles. The summed E-state index contributed by atoms with van der Waals surface area (Å²) in [6, 6.07) is 0. The molecule has 0 saturated carbocycles. The molecule has 1 aliphatic rings. The van der Waals surface area contributed by atoms with Gasteiger partial charge in [0.25, 0.3) is 6.29 Å². The second kappa shape index (κ2) is 3.05. The lowest BCUT2D eigenvalue weighted by molar-refractivity contribution is -0.194. The molecular weight excluding hydrogens is 150 g/mol. The first-order valence-corrected chi connectivity index (χ1v) is 3.00. The summed E-state index contributed by atoms with van der Waals surface area (Å²) < 4.78 is 9.10. The van der Waals surface area contributed by atoms with Gasteiger partial charge in [0.05, 0.1) is 0 Å². The minimum atomic E-state index is -0.950. The van der Waals surface area contributed by atoms with Gasteiger partial charge in [-0.15, -0.1) is 0 Å². The topological polar surface area (TPSA) is 78.6 Å². The predicted molar refractivity (Wildman–Crippen MR) is 33.9 cm³/mol. The van der Waals surface area contributed by atoms with Crippen molar-refractivity contribution in [1.29, 1.82) is 0 Å². The standard InChI is InChI=1S/C6H7NO4/c7-2-1-6-10-4(8)3-5(9)11-6/h1-2,6H,3,7H2. The molecule has 60 valence electrons. The van der Waals surface area contributed by atoms with Gasteiger partial charge in [0, 0.05) is 6.08 Å². The van der Waals surface area contributed by atoms with E-state index in [0.717, 1.165) is 6.20 Å². The van der Waals surface area contributed by atoms with Gasteiger partial charge in [-0.25, -0.2) is 0 Å². The Morgan fingerprint density at radius 2 is 1.91 bits per heavy atom. The van der Waals surface area contributed by atoms with E-state index in [-0.39, 0.29) is 6.42 Å². The van der Waals surface area contributed by atoms with Gasteiger partial charge in [0.1, 0.15) is 6.42 Å². The number of carbonyl (C=O) groups is 2. The average molecular weight is 157 g/mol. The molecule has 11 heavy (non-hydrogen) atoms. The molecule has 5 nitrogen and oxygen atoms in total. The van der Waals surface area contributed by atoms with E-state index in [1.165, 1.54) is 6.08 Å². The van der Waals surface area contributed by atoms with Crippen LogP contribution < -0.4 is 5.73 Å². The molecule has 2 N–H and O–H groups in total. The van der Waals surface area contributed by atoms with E-state index in [2.05, 4.69) is 9.47 Å². The Bertz CT molecular complexity index is 195. The molecule has 0 aliphatic carbocycles. The summed E-state index contributed by atoms with van der Waals surface area (Å²) >= 11 is 0. The van der Waals surface area contributed by atoms with Gasteiger partial charge < -0.3 is 15.2 Å². The van der Waals surface area contributed by atoms with Crippen molar-refractivity contribution in [3.63, 3.8) is 0 Å². The Kier molecular flexibility index (Phi) is 2.10. The molecule has 0 bridgehead atoms. The predicted octanol–water partition coefficient (Wildman–Crippen LogP) is -0.725. The molecular formula is C6H7NO4. The minimum absolute atomic E-state index is 0.324. The van der Waals surface area contributed by atoms with E-state index in [1.54, 1.807) is 0 Å². The summed E-state index contributed by atoms with van der Waals surface area (Å²) in [7, 11) is 0. The lowest BCUT2D eigenvalue weighted by Gasteiger charge is -2.18. The Balaban J connectivity index is 2.56. The number of ether oxygens (including phenoxy) is 2. The zero-order valence-electron chi connectivity index (χ0n) is 5.65. The zero-order valence-corrected chi connectivity index (χ0v) is 5.65. The summed E-state index contributed by atoms with van der Waals surface area (Å²) in [6.45, 7) is 0. The summed E-state index contributed by atoms with van der Waals surface area (Å²) in [5, 5.41) is 0. The summed E-state index contributed by atoms with van der Waals surface area (Å²) in [4.78, 5) is 21.1. The highest BCUT2D eigenvalue weighted by atomic mass is 16.7. The van der Waals surface area contributed by atoms with Crippen LogP contribution in [0.15, 0.2) is 12.3 Å². The van der Waals surface area contributed by atoms with E-state index < -0.39 is 18.2 Å². The van der Waals surface area contributed by atoms with Crippen molar-refractivity contribution < 1.29 is 19.1 Å². The fourth-order valence-electron chi connectivity index (χ4n) is 0.654. The first-order valence-electron chi connectivity index (χ1n) is 3.00. The van der Waals surface area contributed by atoms with Crippen LogP contribution in [-0.4, -0.2) is 18.2 Å². The summed E-state index contributed by atoms with van der Waals surface area (Å²) in [5.41, 5.74) is 4.99. The van der Waals surface area contributed by atoms with Crippen molar-refractivity contribution in [2.75, 3.05) is 0 Å². The van der Waals surface area contributed by atoms with E-state index in [1.807, 2.05) is 0 Å². The number of cyclic esters (lactones) is 2. The molecule has 0 unspecified atom stereocenters. The van der Waals surface area contributed by atoms with Crippen LogP contribution in [0.3, 0.4) is 0 Å². The summed E-state index contributed by atoms with van der Waals surface area (Å²) in [6.07, 6.45) is 1.15. The number of hydrogen-bond donors (Lipinski definition) is 1. The van der Waals surface area contributed by atoms with Crippen molar-refractivity contribution >= 4 is 11.9 Å². The third-order valence-electron chi connectivity index (χ3n) is 1.05. The summed E-state index contributed by atoms with van der Waals surface area (Å²) in [5.74, 6) is -1.19. The third kappa shape index (κ3) is 1.96. The average Bonchev–Trinajstić information content (AvgIpc) is 1.85. The monoisotopic (exact) mass is 157 g/mol. The first kappa shape index (κ1) is 7.59. The number of hydrogen-bond acceptors (Lipinski definition) is 5. The normalized spacial score (nSPS) is 20.0. The van der Waals surface area contributed by atoms with E-state index in [9.17, 15) is 9.59 Å².